The van der Waals surface area contributed by atoms with Crippen molar-refractivity contribution in [2.75, 3.05) is 0 Å². The summed E-state index contributed by atoms with van der Waals surface area (Å²) >= 11 is 3.39. The SMILES string of the molecule is O=C1[C@@H]2[C@H](C(=O)N1/N=C\c1cccc(Br)c1)[C@H]1C=C[C@H]2C1. The number of benzene rings is 1. The first-order valence-electron chi connectivity index (χ1n) is 7.01. The maximum Gasteiger partial charge on any atom is 0.254 e. The van der Waals surface area contributed by atoms with E-state index >= 15 is 0 Å². The molecule has 0 unspecified atom stereocenters. The summed E-state index contributed by atoms with van der Waals surface area (Å²) in [5.74, 6) is -0.217. The van der Waals surface area contributed by atoms with Gasteiger partial charge >= 0.3 is 0 Å². The molecule has 1 saturated heterocycles. The molecule has 4 atom stereocenters. The first kappa shape index (κ1) is 13.0. The van der Waals surface area contributed by atoms with Gasteiger partial charge in [-0.2, -0.15) is 10.1 Å². The molecule has 4 rings (SSSR count). The highest BCUT2D eigenvalue weighted by molar-refractivity contribution is 9.10. The summed E-state index contributed by atoms with van der Waals surface area (Å²) in [5.41, 5.74) is 0.850. The lowest BCUT2D eigenvalue weighted by molar-refractivity contribution is -0.140. The first-order valence-corrected chi connectivity index (χ1v) is 7.80. The number of carbonyl (C=O) groups excluding carboxylic acids is 2. The molecule has 0 radical (unpaired) electrons. The molecule has 5 heteroatoms. The number of fused-ring (bicyclic) bond motifs is 5. The molecule has 1 aromatic carbocycles. The van der Waals surface area contributed by atoms with E-state index in [-0.39, 0.29) is 35.5 Å². The van der Waals surface area contributed by atoms with E-state index < -0.39 is 0 Å². The largest absolute Gasteiger partial charge is 0.272 e. The van der Waals surface area contributed by atoms with Crippen LogP contribution >= 0.6 is 15.9 Å². The van der Waals surface area contributed by atoms with Gasteiger partial charge in [0.2, 0.25) is 0 Å². The number of allylic oxidation sites excluding steroid dienone is 2. The zero-order valence-electron chi connectivity index (χ0n) is 11.1. The van der Waals surface area contributed by atoms with Crippen LogP contribution in [0.25, 0.3) is 0 Å². The highest BCUT2D eigenvalue weighted by atomic mass is 79.9. The average Bonchev–Trinajstić information content (AvgIpc) is 3.12. The van der Waals surface area contributed by atoms with E-state index in [0.29, 0.717) is 0 Å². The summed E-state index contributed by atoms with van der Waals surface area (Å²) in [6.45, 7) is 0. The Morgan fingerprint density at radius 3 is 2.43 bits per heavy atom. The summed E-state index contributed by atoms with van der Waals surface area (Å²) in [6, 6.07) is 7.57. The lowest BCUT2D eigenvalue weighted by Gasteiger charge is -2.13. The highest BCUT2D eigenvalue weighted by Crippen LogP contribution is 2.52. The zero-order chi connectivity index (χ0) is 14.6. The van der Waals surface area contributed by atoms with Crippen LogP contribution in [0.2, 0.25) is 0 Å². The van der Waals surface area contributed by atoms with Crippen LogP contribution < -0.4 is 0 Å². The summed E-state index contributed by atoms with van der Waals surface area (Å²) in [5, 5.41) is 5.21. The van der Waals surface area contributed by atoms with Gasteiger partial charge in [-0.15, -0.1) is 0 Å². The minimum absolute atomic E-state index is 0.145. The normalized spacial score (nSPS) is 33.5. The summed E-state index contributed by atoms with van der Waals surface area (Å²) in [4.78, 5) is 24.8. The molecule has 2 bridgehead atoms. The van der Waals surface area contributed by atoms with Crippen molar-refractivity contribution < 1.29 is 9.59 Å². The van der Waals surface area contributed by atoms with E-state index in [2.05, 4.69) is 33.2 Å². The van der Waals surface area contributed by atoms with Gasteiger partial charge in [0, 0.05) is 4.47 Å². The number of halogens is 1. The van der Waals surface area contributed by atoms with Crippen LogP contribution in [0.1, 0.15) is 12.0 Å². The Morgan fingerprint density at radius 2 is 1.81 bits per heavy atom. The quantitative estimate of drug-likeness (QED) is 0.470. The van der Waals surface area contributed by atoms with Gasteiger partial charge in [0.25, 0.3) is 11.8 Å². The van der Waals surface area contributed by atoms with E-state index in [0.717, 1.165) is 21.5 Å². The fourth-order valence-electron chi connectivity index (χ4n) is 3.71. The lowest BCUT2D eigenvalue weighted by atomic mass is 9.85. The van der Waals surface area contributed by atoms with Crippen LogP contribution in [0.5, 0.6) is 0 Å². The molecule has 1 heterocycles. The molecule has 21 heavy (non-hydrogen) atoms. The molecule has 0 aromatic heterocycles. The second-order valence-electron chi connectivity index (χ2n) is 5.79. The third kappa shape index (κ3) is 1.91. The van der Waals surface area contributed by atoms with Crippen LogP contribution in [0.15, 0.2) is 46.0 Å². The second kappa shape index (κ2) is 4.63. The fraction of sp³-hybridized carbons (Fsp3) is 0.312. The highest BCUT2D eigenvalue weighted by Gasteiger charge is 2.59. The van der Waals surface area contributed by atoms with Gasteiger partial charge in [-0.05, 0) is 36.0 Å². The second-order valence-corrected chi connectivity index (χ2v) is 6.70. The van der Waals surface area contributed by atoms with Crippen molar-refractivity contribution >= 4 is 34.0 Å². The summed E-state index contributed by atoms with van der Waals surface area (Å²) < 4.78 is 0.935. The number of amides is 2. The third-order valence-corrected chi connectivity index (χ3v) is 5.11. The van der Waals surface area contributed by atoms with Gasteiger partial charge in [-0.25, -0.2) is 0 Å². The van der Waals surface area contributed by atoms with Gasteiger partial charge < -0.3 is 0 Å². The number of hydrogen-bond donors (Lipinski definition) is 0. The fourth-order valence-corrected chi connectivity index (χ4v) is 4.13. The maximum absolute atomic E-state index is 12.4. The molecule has 3 aliphatic rings. The molecule has 2 fully saturated rings. The first-order chi connectivity index (χ1) is 10.1. The zero-order valence-corrected chi connectivity index (χ0v) is 12.7. The minimum atomic E-state index is -0.188. The number of rotatable bonds is 2. The number of nitrogens with zero attached hydrogens (tertiary/aromatic N) is 2. The molecule has 0 spiro atoms. The molecule has 4 nitrogen and oxygen atoms in total. The molecule has 2 amide bonds. The van der Waals surface area contributed by atoms with Crippen molar-refractivity contribution in [1.82, 2.24) is 5.01 Å². The Labute approximate surface area is 130 Å². The van der Waals surface area contributed by atoms with Crippen molar-refractivity contribution in [1.29, 1.82) is 0 Å². The molecule has 2 aliphatic carbocycles. The predicted octanol–water partition coefficient (Wildman–Crippen LogP) is 2.59. The Balaban J connectivity index is 1.60. The average molecular weight is 345 g/mol. The predicted molar refractivity (Wildman–Crippen MR) is 81.3 cm³/mol. The summed E-state index contributed by atoms with van der Waals surface area (Å²) in [6.07, 6.45) is 6.67. The Hall–Kier alpha value is -1.75. The van der Waals surface area contributed by atoms with Crippen LogP contribution in [-0.2, 0) is 9.59 Å². The van der Waals surface area contributed by atoms with Gasteiger partial charge in [0.15, 0.2) is 0 Å². The van der Waals surface area contributed by atoms with Crippen LogP contribution in [0.3, 0.4) is 0 Å². The molecule has 106 valence electrons. The Bertz CT molecular complexity index is 667. The topological polar surface area (TPSA) is 49.7 Å². The van der Waals surface area contributed by atoms with Crippen LogP contribution in [0, 0.1) is 23.7 Å². The molecular formula is C16H13BrN2O2. The van der Waals surface area contributed by atoms with Gasteiger partial charge in [0.05, 0.1) is 18.1 Å². The third-order valence-electron chi connectivity index (χ3n) is 4.62. The summed E-state index contributed by atoms with van der Waals surface area (Å²) in [7, 11) is 0. The molecule has 1 aromatic rings. The molecule has 1 saturated carbocycles. The number of hydrogen-bond acceptors (Lipinski definition) is 3. The van der Waals surface area contributed by atoms with Crippen molar-refractivity contribution in [3.8, 4) is 0 Å². The van der Waals surface area contributed by atoms with E-state index in [1.165, 1.54) is 0 Å². The monoisotopic (exact) mass is 344 g/mol. The van der Waals surface area contributed by atoms with E-state index in [9.17, 15) is 9.59 Å². The van der Waals surface area contributed by atoms with Gasteiger partial charge in [-0.1, -0.05) is 40.2 Å². The van der Waals surface area contributed by atoms with Gasteiger partial charge in [-0.3, -0.25) is 9.59 Å². The molecule has 1 aliphatic heterocycles. The van der Waals surface area contributed by atoms with Crippen LogP contribution in [0.4, 0.5) is 0 Å². The Kier molecular flexibility index (Phi) is 2.85. The lowest BCUT2D eigenvalue weighted by Crippen LogP contribution is -2.28. The van der Waals surface area contributed by atoms with Crippen LogP contribution in [-0.4, -0.2) is 23.0 Å². The number of carbonyl (C=O) groups is 2. The van der Waals surface area contributed by atoms with Gasteiger partial charge in [0.1, 0.15) is 0 Å². The standard InChI is InChI=1S/C16H13BrN2O2/c17-12-3-1-2-9(6-12)8-18-19-15(20)13-10-4-5-11(7-10)14(13)16(19)21/h1-6,8,10-11,13-14H,7H2/b18-8-/t10-,11-,13-,14+/m0/s1. The Morgan fingerprint density at radius 1 is 1.14 bits per heavy atom. The number of hydrazone groups is 1. The molecule has 0 N–H and O–H groups in total. The van der Waals surface area contributed by atoms with E-state index in [1.807, 2.05) is 24.3 Å². The van der Waals surface area contributed by atoms with Crippen molar-refractivity contribution in [3.05, 3.63) is 46.5 Å². The maximum atomic E-state index is 12.4. The van der Waals surface area contributed by atoms with Crippen molar-refractivity contribution in [2.24, 2.45) is 28.8 Å². The van der Waals surface area contributed by atoms with E-state index in [4.69, 9.17) is 0 Å². The number of imide groups is 1. The van der Waals surface area contributed by atoms with Crippen molar-refractivity contribution in [2.45, 2.75) is 6.42 Å². The molecular weight excluding hydrogens is 332 g/mol. The smallest absolute Gasteiger partial charge is 0.254 e. The van der Waals surface area contributed by atoms with Crippen molar-refractivity contribution in [3.63, 3.8) is 0 Å². The minimum Gasteiger partial charge on any atom is -0.272 e. The van der Waals surface area contributed by atoms with E-state index in [1.54, 1.807) is 6.21 Å².